The summed E-state index contributed by atoms with van der Waals surface area (Å²) in [5.41, 5.74) is 2.55. The van der Waals surface area contributed by atoms with Gasteiger partial charge in [-0.05, 0) is 49.3 Å². The molecule has 0 bridgehead atoms. The fraction of sp³-hybridized carbons (Fsp3) is 0.478. The van der Waals surface area contributed by atoms with Gasteiger partial charge in [-0.3, -0.25) is 9.78 Å². The first-order valence-corrected chi connectivity index (χ1v) is 10.9. The first-order valence-electron chi connectivity index (χ1n) is 10.9. The maximum atomic E-state index is 12.5. The van der Waals surface area contributed by atoms with E-state index in [0.29, 0.717) is 17.2 Å². The van der Waals surface area contributed by atoms with Crippen LogP contribution in [-0.4, -0.2) is 45.6 Å². The summed E-state index contributed by atoms with van der Waals surface area (Å²) in [6, 6.07) is 8.50. The number of hydrogen-bond donors (Lipinski definition) is 1. The highest BCUT2D eigenvalue weighted by Crippen LogP contribution is 2.53. The molecular formula is C23H25N5O2. The van der Waals surface area contributed by atoms with E-state index in [-0.39, 0.29) is 18.5 Å². The average Bonchev–Trinajstić information content (AvgIpc) is 3.71. The van der Waals surface area contributed by atoms with Crippen LogP contribution in [0.15, 0.2) is 34.9 Å². The summed E-state index contributed by atoms with van der Waals surface area (Å²) in [7, 11) is 0. The van der Waals surface area contributed by atoms with Gasteiger partial charge in [0.05, 0.1) is 17.8 Å². The molecule has 3 heterocycles. The maximum Gasteiger partial charge on any atom is 0.316 e. The van der Waals surface area contributed by atoms with Gasteiger partial charge in [0.15, 0.2) is 0 Å². The van der Waals surface area contributed by atoms with Gasteiger partial charge in [0.2, 0.25) is 5.91 Å². The SMILES string of the molecule is O=C(CNc1nnc(-c2cnc(C3CC3)c3ccccc23)o1)N1CCC2(CC1)CC2. The van der Waals surface area contributed by atoms with E-state index in [1.807, 2.05) is 23.2 Å². The molecule has 2 aliphatic carbocycles. The van der Waals surface area contributed by atoms with E-state index in [9.17, 15) is 4.79 Å². The highest BCUT2D eigenvalue weighted by molar-refractivity contribution is 5.96. The lowest BCUT2D eigenvalue weighted by atomic mass is 9.94. The van der Waals surface area contributed by atoms with E-state index in [4.69, 9.17) is 9.40 Å². The predicted molar refractivity (Wildman–Crippen MR) is 113 cm³/mol. The molecule has 1 amide bonds. The lowest BCUT2D eigenvalue weighted by molar-refractivity contribution is -0.130. The summed E-state index contributed by atoms with van der Waals surface area (Å²) < 4.78 is 5.83. The molecule has 6 rings (SSSR count). The molecule has 30 heavy (non-hydrogen) atoms. The minimum Gasteiger partial charge on any atom is -0.403 e. The number of anilines is 1. The van der Waals surface area contributed by atoms with Crippen molar-refractivity contribution in [3.8, 4) is 11.5 Å². The van der Waals surface area contributed by atoms with Gasteiger partial charge >= 0.3 is 6.01 Å². The first-order chi connectivity index (χ1) is 14.7. The molecule has 1 saturated heterocycles. The number of nitrogens with one attached hydrogen (secondary N) is 1. The summed E-state index contributed by atoms with van der Waals surface area (Å²) >= 11 is 0. The summed E-state index contributed by atoms with van der Waals surface area (Å²) in [5.74, 6) is 1.08. The molecule has 3 aromatic rings. The van der Waals surface area contributed by atoms with Gasteiger partial charge in [-0.25, -0.2) is 0 Å². The zero-order valence-electron chi connectivity index (χ0n) is 16.9. The Morgan fingerprint density at radius 2 is 1.87 bits per heavy atom. The number of carbonyl (C=O) groups excluding carboxylic acids is 1. The summed E-state index contributed by atoms with van der Waals surface area (Å²) in [5, 5.41) is 13.5. The van der Waals surface area contributed by atoms with Crippen LogP contribution in [0.25, 0.3) is 22.2 Å². The fourth-order valence-corrected chi connectivity index (χ4v) is 4.64. The Labute approximate surface area is 174 Å². The summed E-state index contributed by atoms with van der Waals surface area (Å²) in [4.78, 5) is 19.2. The van der Waals surface area contributed by atoms with Gasteiger partial charge in [-0.1, -0.05) is 29.4 Å². The minimum absolute atomic E-state index is 0.0890. The summed E-state index contributed by atoms with van der Waals surface area (Å²) in [6.07, 6.45) is 9.20. The van der Waals surface area contributed by atoms with Crippen LogP contribution in [0.4, 0.5) is 6.01 Å². The van der Waals surface area contributed by atoms with Crippen LogP contribution in [0.5, 0.6) is 0 Å². The Morgan fingerprint density at radius 3 is 2.60 bits per heavy atom. The number of fused-ring (bicyclic) bond motifs is 1. The Balaban J connectivity index is 1.16. The van der Waals surface area contributed by atoms with Crippen LogP contribution in [0.2, 0.25) is 0 Å². The lowest BCUT2D eigenvalue weighted by Gasteiger charge is -2.32. The van der Waals surface area contributed by atoms with Crippen molar-refractivity contribution in [2.45, 2.75) is 44.4 Å². The smallest absolute Gasteiger partial charge is 0.316 e. The number of carbonyl (C=O) groups is 1. The molecule has 2 aromatic heterocycles. The predicted octanol–water partition coefficient (Wildman–Crippen LogP) is 3.98. The van der Waals surface area contributed by atoms with E-state index < -0.39 is 0 Å². The third kappa shape index (κ3) is 3.22. The quantitative estimate of drug-likeness (QED) is 0.694. The number of hydrogen-bond acceptors (Lipinski definition) is 6. The van der Waals surface area contributed by atoms with E-state index in [1.54, 1.807) is 0 Å². The second kappa shape index (κ2) is 6.79. The summed E-state index contributed by atoms with van der Waals surface area (Å²) in [6.45, 7) is 1.90. The first kappa shape index (κ1) is 17.9. The molecule has 3 aliphatic rings. The number of amides is 1. The van der Waals surface area contributed by atoms with Crippen molar-refractivity contribution in [2.24, 2.45) is 5.41 Å². The molecule has 1 aliphatic heterocycles. The fourth-order valence-electron chi connectivity index (χ4n) is 4.64. The van der Waals surface area contributed by atoms with Gasteiger partial charge in [0.25, 0.3) is 5.89 Å². The van der Waals surface area contributed by atoms with Crippen LogP contribution < -0.4 is 5.32 Å². The number of benzene rings is 1. The topological polar surface area (TPSA) is 84.2 Å². The van der Waals surface area contributed by atoms with E-state index in [0.717, 1.165) is 48.0 Å². The number of rotatable bonds is 5. The molecular weight excluding hydrogens is 378 g/mol. The molecule has 1 N–H and O–H groups in total. The van der Waals surface area contributed by atoms with Crippen molar-refractivity contribution in [2.75, 3.05) is 25.0 Å². The number of likely N-dealkylation sites (tertiary alicyclic amines) is 1. The molecule has 0 unspecified atom stereocenters. The third-order valence-electron chi connectivity index (χ3n) is 6.97. The molecule has 0 atom stereocenters. The van der Waals surface area contributed by atoms with Gasteiger partial charge < -0.3 is 14.6 Å². The Kier molecular flexibility index (Phi) is 4.04. The molecule has 7 nitrogen and oxygen atoms in total. The number of piperidine rings is 1. The largest absolute Gasteiger partial charge is 0.403 e. The molecule has 1 spiro atoms. The molecule has 154 valence electrons. The van der Waals surface area contributed by atoms with Crippen molar-refractivity contribution in [1.82, 2.24) is 20.1 Å². The van der Waals surface area contributed by atoms with Gasteiger partial charge in [-0.15, -0.1) is 5.10 Å². The highest BCUT2D eigenvalue weighted by atomic mass is 16.4. The monoisotopic (exact) mass is 403 g/mol. The Bertz CT molecular complexity index is 1110. The molecule has 2 saturated carbocycles. The second-order valence-corrected chi connectivity index (χ2v) is 9.02. The van der Waals surface area contributed by atoms with Gasteiger partial charge in [-0.2, -0.15) is 0 Å². The number of aromatic nitrogens is 3. The minimum atomic E-state index is 0.0890. The number of pyridine rings is 1. The molecule has 0 radical (unpaired) electrons. The zero-order chi connectivity index (χ0) is 20.1. The lowest BCUT2D eigenvalue weighted by Crippen LogP contribution is -2.41. The molecule has 1 aromatic carbocycles. The van der Waals surface area contributed by atoms with Crippen LogP contribution in [0, 0.1) is 5.41 Å². The van der Waals surface area contributed by atoms with E-state index in [1.165, 1.54) is 25.7 Å². The maximum absolute atomic E-state index is 12.5. The van der Waals surface area contributed by atoms with Crippen LogP contribution in [0.3, 0.4) is 0 Å². The van der Waals surface area contributed by atoms with Crippen molar-refractivity contribution >= 4 is 22.7 Å². The Morgan fingerprint density at radius 1 is 1.10 bits per heavy atom. The van der Waals surface area contributed by atoms with Crippen LogP contribution >= 0.6 is 0 Å². The molecule has 7 heteroatoms. The average molecular weight is 403 g/mol. The van der Waals surface area contributed by atoms with E-state index in [2.05, 4.69) is 27.6 Å². The van der Waals surface area contributed by atoms with E-state index >= 15 is 0 Å². The van der Waals surface area contributed by atoms with Gasteiger partial charge in [0.1, 0.15) is 0 Å². The van der Waals surface area contributed by atoms with Crippen LogP contribution in [0.1, 0.15) is 50.1 Å². The number of nitrogens with zero attached hydrogens (tertiary/aromatic N) is 4. The van der Waals surface area contributed by atoms with Crippen molar-refractivity contribution in [3.05, 3.63) is 36.2 Å². The Hall–Kier alpha value is -2.96. The normalized spacial score (nSPS) is 19.9. The van der Waals surface area contributed by atoms with Gasteiger partial charge in [0, 0.05) is 30.6 Å². The third-order valence-corrected chi connectivity index (χ3v) is 6.97. The van der Waals surface area contributed by atoms with Crippen molar-refractivity contribution in [1.29, 1.82) is 0 Å². The second-order valence-electron chi connectivity index (χ2n) is 9.02. The van der Waals surface area contributed by atoms with Crippen molar-refractivity contribution < 1.29 is 9.21 Å². The highest BCUT2D eigenvalue weighted by Gasteiger charge is 2.45. The molecule has 3 fully saturated rings. The van der Waals surface area contributed by atoms with Crippen molar-refractivity contribution in [3.63, 3.8) is 0 Å². The van der Waals surface area contributed by atoms with Crippen LogP contribution in [-0.2, 0) is 4.79 Å². The zero-order valence-corrected chi connectivity index (χ0v) is 16.9. The standard InChI is InChI=1S/C23H25N5O2/c29-19(28-11-9-23(7-8-23)10-12-28)14-25-22-27-26-21(30-22)18-13-24-20(15-5-6-15)17-4-2-1-3-16(17)18/h1-4,13,15H,5-12,14H2,(H,25,27).